The Bertz CT molecular complexity index is 581. The van der Waals surface area contributed by atoms with Crippen LogP contribution in [0.4, 0.5) is 5.69 Å². The SMILES string of the molecule is Cc1cc(OC(C)C)ccc1NS(=O)(=O)N1CCNCC1. The van der Waals surface area contributed by atoms with E-state index in [0.717, 1.165) is 11.3 Å². The van der Waals surface area contributed by atoms with Gasteiger partial charge in [-0.1, -0.05) is 0 Å². The van der Waals surface area contributed by atoms with Gasteiger partial charge in [-0.05, 0) is 44.5 Å². The summed E-state index contributed by atoms with van der Waals surface area (Å²) >= 11 is 0. The van der Waals surface area contributed by atoms with E-state index < -0.39 is 10.2 Å². The molecule has 0 amide bonds. The van der Waals surface area contributed by atoms with Crippen molar-refractivity contribution in [2.75, 3.05) is 30.9 Å². The van der Waals surface area contributed by atoms with Gasteiger partial charge in [0.1, 0.15) is 5.75 Å². The zero-order valence-electron chi connectivity index (χ0n) is 12.7. The Morgan fingerprint density at radius 1 is 1.29 bits per heavy atom. The zero-order valence-corrected chi connectivity index (χ0v) is 13.5. The highest BCUT2D eigenvalue weighted by atomic mass is 32.2. The van der Waals surface area contributed by atoms with Crippen molar-refractivity contribution in [2.24, 2.45) is 0 Å². The fourth-order valence-corrected chi connectivity index (χ4v) is 3.48. The Balaban J connectivity index is 2.11. The summed E-state index contributed by atoms with van der Waals surface area (Å²) in [5.41, 5.74) is 1.43. The summed E-state index contributed by atoms with van der Waals surface area (Å²) in [4.78, 5) is 0. The van der Waals surface area contributed by atoms with E-state index in [1.165, 1.54) is 4.31 Å². The lowest BCUT2D eigenvalue weighted by atomic mass is 10.2. The standard InChI is InChI=1S/C14H23N3O3S/c1-11(2)20-13-4-5-14(12(3)10-13)16-21(18,19)17-8-6-15-7-9-17/h4-5,10-11,15-16H,6-9H2,1-3H3. The molecule has 1 saturated heterocycles. The summed E-state index contributed by atoms with van der Waals surface area (Å²) in [5.74, 6) is 0.743. The number of piperazine rings is 1. The number of ether oxygens (including phenoxy) is 1. The molecular weight excluding hydrogens is 290 g/mol. The summed E-state index contributed by atoms with van der Waals surface area (Å²) in [5, 5.41) is 3.14. The zero-order chi connectivity index (χ0) is 15.5. The molecule has 1 aromatic carbocycles. The lowest BCUT2D eigenvalue weighted by Gasteiger charge is -2.27. The van der Waals surface area contributed by atoms with Crippen molar-refractivity contribution < 1.29 is 13.2 Å². The third kappa shape index (κ3) is 4.33. The number of nitrogens with zero attached hydrogens (tertiary/aromatic N) is 1. The van der Waals surface area contributed by atoms with Crippen molar-refractivity contribution in [1.82, 2.24) is 9.62 Å². The van der Waals surface area contributed by atoms with E-state index >= 15 is 0 Å². The summed E-state index contributed by atoms with van der Waals surface area (Å²) in [6.07, 6.45) is 0.0905. The molecule has 0 bridgehead atoms. The van der Waals surface area contributed by atoms with Crippen molar-refractivity contribution >= 4 is 15.9 Å². The number of aryl methyl sites for hydroxylation is 1. The molecule has 0 unspecified atom stereocenters. The second-order valence-corrected chi connectivity index (χ2v) is 7.07. The summed E-state index contributed by atoms with van der Waals surface area (Å²) in [7, 11) is -3.49. The van der Waals surface area contributed by atoms with Crippen molar-refractivity contribution in [3.05, 3.63) is 23.8 Å². The topological polar surface area (TPSA) is 70.7 Å². The van der Waals surface area contributed by atoms with E-state index in [1.54, 1.807) is 12.1 Å². The summed E-state index contributed by atoms with van der Waals surface area (Å²) in [6.45, 7) is 8.11. The van der Waals surface area contributed by atoms with Gasteiger partial charge in [0, 0.05) is 26.2 Å². The average Bonchev–Trinajstić information content (AvgIpc) is 2.42. The molecule has 1 heterocycles. The number of hydrogen-bond acceptors (Lipinski definition) is 4. The van der Waals surface area contributed by atoms with Crippen LogP contribution in [0.2, 0.25) is 0 Å². The Morgan fingerprint density at radius 2 is 1.95 bits per heavy atom. The minimum absolute atomic E-state index is 0.0905. The molecule has 21 heavy (non-hydrogen) atoms. The Hall–Kier alpha value is -1.31. The quantitative estimate of drug-likeness (QED) is 0.861. The molecule has 1 fully saturated rings. The van der Waals surface area contributed by atoms with Crippen LogP contribution in [0.3, 0.4) is 0 Å². The predicted octanol–water partition coefficient (Wildman–Crippen LogP) is 1.34. The first-order valence-corrected chi connectivity index (χ1v) is 8.58. The van der Waals surface area contributed by atoms with Gasteiger partial charge < -0.3 is 10.1 Å². The maximum atomic E-state index is 12.3. The highest BCUT2D eigenvalue weighted by Gasteiger charge is 2.24. The first kappa shape index (κ1) is 16.1. The van der Waals surface area contributed by atoms with Gasteiger partial charge in [0.05, 0.1) is 11.8 Å². The molecule has 0 aromatic heterocycles. The van der Waals surface area contributed by atoms with E-state index in [9.17, 15) is 8.42 Å². The third-order valence-electron chi connectivity index (χ3n) is 3.22. The maximum Gasteiger partial charge on any atom is 0.301 e. The molecular formula is C14H23N3O3S. The van der Waals surface area contributed by atoms with Crippen LogP contribution in [0.5, 0.6) is 5.75 Å². The molecule has 2 N–H and O–H groups in total. The molecule has 0 spiro atoms. The monoisotopic (exact) mass is 313 g/mol. The van der Waals surface area contributed by atoms with Crippen molar-refractivity contribution in [2.45, 2.75) is 26.9 Å². The second-order valence-electron chi connectivity index (χ2n) is 5.40. The van der Waals surface area contributed by atoms with Crippen LogP contribution in [-0.2, 0) is 10.2 Å². The van der Waals surface area contributed by atoms with Crippen LogP contribution in [0.1, 0.15) is 19.4 Å². The van der Waals surface area contributed by atoms with Crippen molar-refractivity contribution in [3.8, 4) is 5.75 Å². The Labute approximate surface area is 126 Å². The van der Waals surface area contributed by atoms with Crippen molar-refractivity contribution in [1.29, 1.82) is 0 Å². The lowest BCUT2D eigenvalue weighted by Crippen LogP contribution is -2.48. The minimum Gasteiger partial charge on any atom is -0.491 e. The Morgan fingerprint density at radius 3 is 2.52 bits per heavy atom. The molecule has 0 saturated carbocycles. The molecule has 0 aliphatic carbocycles. The number of nitrogens with one attached hydrogen (secondary N) is 2. The molecule has 118 valence electrons. The third-order valence-corrected chi connectivity index (χ3v) is 4.75. The number of hydrogen-bond donors (Lipinski definition) is 2. The van der Waals surface area contributed by atoms with Crippen LogP contribution in [-0.4, -0.2) is 45.0 Å². The average molecular weight is 313 g/mol. The molecule has 7 heteroatoms. The highest BCUT2D eigenvalue weighted by molar-refractivity contribution is 7.90. The fraction of sp³-hybridized carbons (Fsp3) is 0.571. The van der Waals surface area contributed by atoms with E-state index in [0.29, 0.717) is 31.9 Å². The van der Waals surface area contributed by atoms with E-state index in [-0.39, 0.29) is 6.10 Å². The molecule has 1 aliphatic heterocycles. The fourth-order valence-electron chi connectivity index (χ4n) is 2.18. The van der Waals surface area contributed by atoms with Gasteiger partial charge in [0.25, 0.3) is 0 Å². The summed E-state index contributed by atoms with van der Waals surface area (Å²) < 4.78 is 34.4. The summed E-state index contributed by atoms with van der Waals surface area (Å²) in [6, 6.07) is 5.37. The van der Waals surface area contributed by atoms with E-state index in [1.807, 2.05) is 26.8 Å². The van der Waals surface area contributed by atoms with Gasteiger partial charge in [0.15, 0.2) is 0 Å². The molecule has 1 aliphatic rings. The van der Waals surface area contributed by atoms with Gasteiger partial charge in [-0.2, -0.15) is 12.7 Å². The maximum absolute atomic E-state index is 12.3. The van der Waals surface area contributed by atoms with E-state index in [4.69, 9.17) is 4.74 Å². The van der Waals surface area contributed by atoms with Gasteiger partial charge in [-0.25, -0.2) is 0 Å². The van der Waals surface area contributed by atoms with Crippen LogP contribution in [0, 0.1) is 6.92 Å². The first-order chi connectivity index (χ1) is 9.88. The minimum atomic E-state index is -3.49. The molecule has 0 radical (unpaired) electrons. The molecule has 0 atom stereocenters. The van der Waals surface area contributed by atoms with E-state index in [2.05, 4.69) is 10.0 Å². The predicted molar refractivity (Wildman–Crippen MR) is 83.9 cm³/mol. The Kier molecular flexibility index (Phi) is 5.08. The second kappa shape index (κ2) is 6.64. The number of rotatable bonds is 5. The largest absolute Gasteiger partial charge is 0.491 e. The number of benzene rings is 1. The van der Waals surface area contributed by atoms with Crippen molar-refractivity contribution in [3.63, 3.8) is 0 Å². The van der Waals surface area contributed by atoms with Crippen LogP contribution in [0.15, 0.2) is 18.2 Å². The van der Waals surface area contributed by atoms with Gasteiger partial charge in [-0.3, -0.25) is 4.72 Å². The van der Waals surface area contributed by atoms with Crippen LogP contribution in [0.25, 0.3) is 0 Å². The van der Waals surface area contributed by atoms with Gasteiger partial charge >= 0.3 is 10.2 Å². The molecule has 2 rings (SSSR count). The van der Waals surface area contributed by atoms with Gasteiger partial charge in [0.2, 0.25) is 0 Å². The lowest BCUT2D eigenvalue weighted by molar-refractivity contribution is 0.242. The first-order valence-electron chi connectivity index (χ1n) is 7.14. The van der Waals surface area contributed by atoms with Crippen LogP contribution < -0.4 is 14.8 Å². The number of anilines is 1. The normalized spacial score (nSPS) is 17.0. The smallest absolute Gasteiger partial charge is 0.301 e. The molecule has 1 aromatic rings. The highest BCUT2D eigenvalue weighted by Crippen LogP contribution is 2.23. The van der Waals surface area contributed by atoms with Crippen LogP contribution >= 0.6 is 0 Å². The van der Waals surface area contributed by atoms with Gasteiger partial charge in [-0.15, -0.1) is 0 Å². The molecule has 6 nitrogen and oxygen atoms in total.